The maximum Gasteiger partial charge on any atom is 0.103 e. The van der Waals surface area contributed by atoms with Gasteiger partial charge in [0.2, 0.25) is 0 Å². The highest BCUT2D eigenvalue weighted by molar-refractivity contribution is 9.09. The summed E-state index contributed by atoms with van der Waals surface area (Å²) in [5, 5.41) is 1.00. The number of ether oxygens (including phenoxy) is 2. The Kier molecular flexibility index (Phi) is 3.79. The average Bonchev–Trinajstić information content (AvgIpc) is 2.30. The van der Waals surface area contributed by atoms with E-state index in [9.17, 15) is 0 Å². The van der Waals surface area contributed by atoms with E-state index in [1.807, 2.05) is 0 Å². The Bertz CT molecular complexity index is 242. The molecule has 0 aromatic rings. The summed E-state index contributed by atoms with van der Waals surface area (Å²) in [7, 11) is 0. The molecule has 1 heterocycles. The first-order valence-electron chi connectivity index (χ1n) is 5.03. The molecule has 78 valence electrons. The number of halogens is 1. The highest BCUT2D eigenvalue weighted by atomic mass is 79.9. The van der Waals surface area contributed by atoms with Gasteiger partial charge in [-0.25, -0.2) is 0 Å². The van der Waals surface area contributed by atoms with Crippen molar-refractivity contribution in [1.82, 2.24) is 0 Å². The van der Waals surface area contributed by atoms with E-state index in [1.165, 1.54) is 5.57 Å². The third-order valence-corrected chi connectivity index (χ3v) is 3.47. The summed E-state index contributed by atoms with van der Waals surface area (Å²) in [6.45, 7) is 2.17. The molecule has 0 spiro atoms. The quantitative estimate of drug-likeness (QED) is 0.708. The van der Waals surface area contributed by atoms with Crippen molar-refractivity contribution < 1.29 is 9.47 Å². The van der Waals surface area contributed by atoms with Gasteiger partial charge in [0.15, 0.2) is 0 Å². The van der Waals surface area contributed by atoms with Crippen LogP contribution < -0.4 is 0 Å². The number of rotatable bonds is 2. The van der Waals surface area contributed by atoms with Gasteiger partial charge in [-0.05, 0) is 17.9 Å². The highest BCUT2D eigenvalue weighted by Gasteiger charge is 2.25. The fourth-order valence-corrected chi connectivity index (χ4v) is 2.53. The molecule has 0 saturated carbocycles. The molecule has 3 heteroatoms. The molecule has 2 aliphatic rings. The SMILES string of the molecule is BrCC1CC=CC=C1C1COCCO1. The Morgan fingerprint density at radius 2 is 2.36 bits per heavy atom. The Labute approximate surface area is 93.1 Å². The van der Waals surface area contributed by atoms with Crippen LogP contribution in [-0.2, 0) is 9.47 Å². The zero-order valence-electron chi connectivity index (χ0n) is 8.12. The first-order chi connectivity index (χ1) is 6.92. The lowest BCUT2D eigenvalue weighted by atomic mass is 9.89. The smallest absolute Gasteiger partial charge is 0.103 e. The van der Waals surface area contributed by atoms with Crippen molar-refractivity contribution in [3.63, 3.8) is 0 Å². The first-order valence-corrected chi connectivity index (χ1v) is 6.16. The van der Waals surface area contributed by atoms with Gasteiger partial charge in [-0.15, -0.1) is 0 Å². The second-order valence-corrected chi connectivity index (χ2v) is 4.26. The van der Waals surface area contributed by atoms with Gasteiger partial charge in [-0.3, -0.25) is 0 Å². The Balaban J connectivity index is 2.05. The number of hydrogen-bond donors (Lipinski definition) is 0. The molecule has 0 amide bonds. The minimum atomic E-state index is 0.177. The standard InChI is InChI=1S/C11H15BrO2/c12-7-9-3-1-2-4-10(9)11-8-13-5-6-14-11/h1-2,4,9,11H,3,5-8H2. The summed E-state index contributed by atoms with van der Waals surface area (Å²) in [4.78, 5) is 0. The molecular formula is C11H15BrO2. The van der Waals surface area contributed by atoms with Crippen LogP contribution in [0.5, 0.6) is 0 Å². The minimum Gasteiger partial charge on any atom is -0.376 e. The fourth-order valence-electron chi connectivity index (χ4n) is 1.90. The van der Waals surface area contributed by atoms with Crippen molar-refractivity contribution in [3.8, 4) is 0 Å². The summed E-state index contributed by atoms with van der Waals surface area (Å²) >= 11 is 3.55. The summed E-state index contributed by atoms with van der Waals surface area (Å²) in [5.74, 6) is 0.576. The first kappa shape index (κ1) is 10.4. The van der Waals surface area contributed by atoms with Crippen molar-refractivity contribution in [2.45, 2.75) is 12.5 Å². The molecule has 0 N–H and O–H groups in total. The van der Waals surface area contributed by atoms with Crippen LogP contribution in [0.15, 0.2) is 23.8 Å². The van der Waals surface area contributed by atoms with E-state index in [2.05, 4.69) is 34.2 Å². The van der Waals surface area contributed by atoms with Crippen LogP contribution in [0.25, 0.3) is 0 Å². The Morgan fingerprint density at radius 1 is 1.43 bits per heavy atom. The van der Waals surface area contributed by atoms with E-state index < -0.39 is 0 Å². The predicted molar refractivity (Wildman–Crippen MR) is 59.7 cm³/mol. The van der Waals surface area contributed by atoms with Gasteiger partial charge in [-0.2, -0.15) is 0 Å². The highest BCUT2D eigenvalue weighted by Crippen LogP contribution is 2.27. The molecule has 1 aliphatic heterocycles. The minimum absolute atomic E-state index is 0.177. The zero-order valence-corrected chi connectivity index (χ0v) is 9.70. The molecular weight excluding hydrogens is 244 g/mol. The second-order valence-electron chi connectivity index (χ2n) is 3.62. The van der Waals surface area contributed by atoms with Gasteiger partial charge in [0.1, 0.15) is 6.10 Å². The Hall–Kier alpha value is -0.120. The van der Waals surface area contributed by atoms with Crippen LogP contribution >= 0.6 is 15.9 Å². The topological polar surface area (TPSA) is 18.5 Å². The number of hydrogen-bond acceptors (Lipinski definition) is 2. The predicted octanol–water partition coefficient (Wildman–Crippen LogP) is 2.30. The monoisotopic (exact) mass is 258 g/mol. The molecule has 2 unspecified atom stereocenters. The normalized spacial score (nSPS) is 32.8. The molecule has 2 rings (SSSR count). The molecule has 0 aromatic carbocycles. The van der Waals surface area contributed by atoms with Gasteiger partial charge >= 0.3 is 0 Å². The van der Waals surface area contributed by atoms with E-state index >= 15 is 0 Å². The van der Waals surface area contributed by atoms with Gasteiger partial charge < -0.3 is 9.47 Å². The van der Waals surface area contributed by atoms with Crippen LogP contribution in [0.2, 0.25) is 0 Å². The lowest BCUT2D eigenvalue weighted by Gasteiger charge is -2.30. The van der Waals surface area contributed by atoms with Gasteiger partial charge in [0.25, 0.3) is 0 Å². The lowest BCUT2D eigenvalue weighted by molar-refractivity contribution is -0.0750. The molecule has 0 aromatic heterocycles. The lowest BCUT2D eigenvalue weighted by Crippen LogP contribution is -2.33. The van der Waals surface area contributed by atoms with Crippen LogP contribution in [0.3, 0.4) is 0 Å². The second kappa shape index (κ2) is 5.10. The zero-order chi connectivity index (χ0) is 9.80. The van der Waals surface area contributed by atoms with Crippen LogP contribution in [0, 0.1) is 5.92 Å². The van der Waals surface area contributed by atoms with Gasteiger partial charge in [0.05, 0.1) is 19.8 Å². The van der Waals surface area contributed by atoms with Crippen LogP contribution in [0.1, 0.15) is 6.42 Å². The number of alkyl halides is 1. The van der Waals surface area contributed by atoms with Crippen molar-refractivity contribution >= 4 is 15.9 Å². The van der Waals surface area contributed by atoms with Crippen LogP contribution in [-0.4, -0.2) is 31.3 Å². The van der Waals surface area contributed by atoms with Crippen molar-refractivity contribution in [2.24, 2.45) is 5.92 Å². The average molecular weight is 259 g/mol. The van der Waals surface area contributed by atoms with E-state index in [0.29, 0.717) is 12.5 Å². The summed E-state index contributed by atoms with van der Waals surface area (Å²) in [6, 6.07) is 0. The van der Waals surface area contributed by atoms with Gasteiger partial charge in [0, 0.05) is 5.33 Å². The summed E-state index contributed by atoms with van der Waals surface area (Å²) in [6.07, 6.45) is 7.79. The van der Waals surface area contributed by atoms with E-state index in [4.69, 9.17) is 9.47 Å². The molecule has 1 aliphatic carbocycles. The molecule has 1 fully saturated rings. The third-order valence-electron chi connectivity index (χ3n) is 2.69. The van der Waals surface area contributed by atoms with E-state index in [1.54, 1.807) is 0 Å². The van der Waals surface area contributed by atoms with Crippen molar-refractivity contribution in [3.05, 3.63) is 23.8 Å². The largest absolute Gasteiger partial charge is 0.376 e. The summed E-state index contributed by atoms with van der Waals surface area (Å²) in [5.41, 5.74) is 1.38. The van der Waals surface area contributed by atoms with Crippen LogP contribution in [0.4, 0.5) is 0 Å². The molecule has 0 bridgehead atoms. The van der Waals surface area contributed by atoms with E-state index in [0.717, 1.165) is 25.0 Å². The van der Waals surface area contributed by atoms with Gasteiger partial charge in [-0.1, -0.05) is 34.2 Å². The number of allylic oxidation sites excluding steroid dienone is 3. The van der Waals surface area contributed by atoms with Crippen molar-refractivity contribution in [1.29, 1.82) is 0 Å². The Morgan fingerprint density at radius 3 is 3.07 bits per heavy atom. The molecule has 14 heavy (non-hydrogen) atoms. The summed E-state index contributed by atoms with van der Waals surface area (Å²) < 4.78 is 11.1. The maximum atomic E-state index is 5.70. The molecule has 2 atom stereocenters. The van der Waals surface area contributed by atoms with E-state index in [-0.39, 0.29) is 6.10 Å². The fraction of sp³-hybridized carbons (Fsp3) is 0.636. The maximum absolute atomic E-state index is 5.70. The third kappa shape index (κ3) is 2.27. The molecule has 1 saturated heterocycles. The van der Waals surface area contributed by atoms with Crippen molar-refractivity contribution in [2.75, 3.05) is 25.2 Å². The molecule has 2 nitrogen and oxygen atoms in total. The molecule has 0 radical (unpaired) electrons.